The van der Waals surface area contributed by atoms with Crippen molar-refractivity contribution in [2.75, 3.05) is 18.0 Å². The number of piperazine rings is 1. The molecule has 3 aromatic heterocycles. The minimum absolute atomic E-state index is 0.0218. The third-order valence-electron chi connectivity index (χ3n) is 6.89. The van der Waals surface area contributed by atoms with Crippen LogP contribution in [0.5, 0.6) is 0 Å². The number of hydrogen-bond donors (Lipinski definition) is 1. The third kappa shape index (κ3) is 4.46. The lowest BCUT2D eigenvalue weighted by atomic mass is 10.0. The topological polar surface area (TPSA) is 111 Å². The Hall–Kier alpha value is -3.51. The molecule has 0 bridgehead atoms. The molecule has 0 unspecified atom stereocenters. The van der Waals surface area contributed by atoms with Gasteiger partial charge in [0.25, 0.3) is 0 Å². The van der Waals surface area contributed by atoms with Crippen molar-refractivity contribution in [3.05, 3.63) is 42.0 Å². The van der Waals surface area contributed by atoms with E-state index in [9.17, 15) is 15.2 Å². The predicted octanol–water partition coefficient (Wildman–Crippen LogP) is 3.15. The summed E-state index contributed by atoms with van der Waals surface area (Å²) in [4.78, 5) is 30.9. The molecule has 9 nitrogen and oxygen atoms in total. The third-order valence-corrected chi connectivity index (χ3v) is 6.89. The molecule has 1 amide bonds. The fourth-order valence-electron chi connectivity index (χ4n) is 5.03. The molecule has 2 atom stereocenters. The van der Waals surface area contributed by atoms with Gasteiger partial charge in [-0.05, 0) is 64.2 Å². The Morgan fingerprint density at radius 2 is 1.97 bits per heavy atom. The Bertz CT molecular complexity index is 1320. The maximum atomic E-state index is 12.9. The van der Waals surface area contributed by atoms with Gasteiger partial charge in [-0.2, -0.15) is 5.26 Å². The van der Waals surface area contributed by atoms with Crippen LogP contribution < -0.4 is 4.90 Å². The van der Waals surface area contributed by atoms with Crippen molar-refractivity contribution in [1.82, 2.24) is 24.4 Å². The van der Waals surface area contributed by atoms with E-state index >= 15 is 0 Å². The summed E-state index contributed by atoms with van der Waals surface area (Å²) in [5.41, 5.74) is 1.50. The van der Waals surface area contributed by atoms with Gasteiger partial charge in [0.15, 0.2) is 5.65 Å². The number of aromatic nitrogens is 4. The second-order valence-electron chi connectivity index (χ2n) is 10.5. The quantitative estimate of drug-likeness (QED) is 0.606. The van der Waals surface area contributed by atoms with Gasteiger partial charge < -0.3 is 14.9 Å². The molecule has 1 aliphatic carbocycles. The number of fused-ring (bicyclic) bond motifs is 1. The number of rotatable bonds is 5. The lowest BCUT2D eigenvalue weighted by Gasteiger charge is -2.45. The van der Waals surface area contributed by atoms with E-state index in [1.54, 1.807) is 38.5 Å². The highest BCUT2D eigenvalue weighted by atomic mass is 16.3. The fraction of sp³-hybridized carbons (Fsp3) is 0.500. The van der Waals surface area contributed by atoms with Crippen LogP contribution >= 0.6 is 0 Å². The van der Waals surface area contributed by atoms with Gasteiger partial charge in [0, 0.05) is 37.6 Å². The van der Waals surface area contributed by atoms with Crippen LogP contribution in [0.25, 0.3) is 16.9 Å². The smallest absolute Gasteiger partial charge is 0.225 e. The Morgan fingerprint density at radius 1 is 1.20 bits per heavy atom. The summed E-state index contributed by atoms with van der Waals surface area (Å²) in [7, 11) is 0. The minimum atomic E-state index is -1.03. The average molecular weight is 474 g/mol. The van der Waals surface area contributed by atoms with E-state index in [4.69, 9.17) is 4.98 Å². The Balaban J connectivity index is 1.54. The SMILES string of the molecule is C[C@@H]1CN(c2ncnc3c2c(C2CC2)cn3-c2cc(C#N)ccn2)[C@@H](C)CN1C(=O)CC(C)(C)O. The number of carbonyl (C=O) groups excluding carboxylic acids is 1. The van der Waals surface area contributed by atoms with Gasteiger partial charge in [-0.15, -0.1) is 0 Å². The van der Waals surface area contributed by atoms with Crippen molar-refractivity contribution in [1.29, 1.82) is 5.26 Å². The molecule has 35 heavy (non-hydrogen) atoms. The van der Waals surface area contributed by atoms with E-state index in [1.165, 1.54) is 5.56 Å². The van der Waals surface area contributed by atoms with Crippen molar-refractivity contribution in [3.63, 3.8) is 0 Å². The first-order valence-corrected chi connectivity index (χ1v) is 12.2. The molecule has 2 aliphatic rings. The molecule has 0 radical (unpaired) electrons. The highest BCUT2D eigenvalue weighted by Gasteiger charge is 2.37. The predicted molar refractivity (Wildman–Crippen MR) is 132 cm³/mol. The molecule has 9 heteroatoms. The van der Waals surface area contributed by atoms with Gasteiger partial charge in [-0.1, -0.05) is 0 Å². The van der Waals surface area contributed by atoms with Gasteiger partial charge in [0.05, 0.1) is 29.0 Å². The molecule has 182 valence electrons. The lowest BCUT2D eigenvalue weighted by Crippen LogP contribution is -2.59. The van der Waals surface area contributed by atoms with Crippen LogP contribution in [-0.2, 0) is 4.79 Å². The first kappa shape index (κ1) is 23.2. The first-order valence-electron chi connectivity index (χ1n) is 12.2. The number of carbonyl (C=O) groups is 1. The zero-order valence-corrected chi connectivity index (χ0v) is 20.6. The average Bonchev–Trinajstić information content (AvgIpc) is 3.58. The molecule has 5 rings (SSSR count). The van der Waals surface area contributed by atoms with Gasteiger partial charge in [0.1, 0.15) is 18.0 Å². The van der Waals surface area contributed by atoms with Crippen LogP contribution in [0.1, 0.15) is 64.0 Å². The fourth-order valence-corrected chi connectivity index (χ4v) is 5.03. The minimum Gasteiger partial charge on any atom is -0.390 e. The molecule has 1 N–H and O–H groups in total. The molecule has 1 saturated carbocycles. The maximum absolute atomic E-state index is 12.9. The largest absolute Gasteiger partial charge is 0.390 e. The summed E-state index contributed by atoms with van der Waals surface area (Å²) in [5.74, 6) is 1.97. The summed E-state index contributed by atoms with van der Waals surface area (Å²) >= 11 is 0. The van der Waals surface area contributed by atoms with Gasteiger partial charge in [-0.25, -0.2) is 15.0 Å². The van der Waals surface area contributed by atoms with Crippen molar-refractivity contribution >= 4 is 22.8 Å². The van der Waals surface area contributed by atoms with Crippen LogP contribution in [0, 0.1) is 11.3 Å². The second-order valence-corrected chi connectivity index (χ2v) is 10.5. The second kappa shape index (κ2) is 8.61. The summed E-state index contributed by atoms with van der Waals surface area (Å²) in [6, 6.07) is 5.68. The molecule has 1 aliphatic heterocycles. The number of amides is 1. The standard InChI is InChI=1S/C26H31N7O2/c1-16-13-32(17(2)12-31(16)22(34)10-26(3,4)35)24-23-20(19-5-6-19)14-33(25(23)30-15-29-24)21-9-18(11-27)7-8-28-21/h7-9,14-17,19,35H,5-6,10,12-13H2,1-4H3/t16-,17+/m1/s1. The normalized spacial score (nSPS) is 20.8. The van der Waals surface area contributed by atoms with Crippen LogP contribution in [0.2, 0.25) is 0 Å². The molecule has 0 spiro atoms. The van der Waals surface area contributed by atoms with Crippen LogP contribution in [-0.4, -0.2) is 66.2 Å². The Kier molecular flexibility index (Phi) is 5.72. The van der Waals surface area contributed by atoms with Crippen molar-refractivity contribution in [2.45, 2.75) is 70.6 Å². The summed E-state index contributed by atoms with van der Waals surface area (Å²) in [6.07, 6.45) is 7.69. The molecular formula is C26H31N7O2. The van der Waals surface area contributed by atoms with E-state index in [0.29, 0.717) is 30.4 Å². The van der Waals surface area contributed by atoms with E-state index < -0.39 is 5.60 Å². The van der Waals surface area contributed by atoms with Crippen molar-refractivity contribution in [3.8, 4) is 11.9 Å². The Morgan fingerprint density at radius 3 is 2.66 bits per heavy atom. The van der Waals surface area contributed by atoms with Gasteiger partial charge >= 0.3 is 0 Å². The molecule has 3 aromatic rings. The zero-order chi connectivity index (χ0) is 24.9. The summed E-state index contributed by atoms with van der Waals surface area (Å²) in [5, 5.41) is 20.5. The number of pyridine rings is 1. The molecule has 0 aromatic carbocycles. The lowest BCUT2D eigenvalue weighted by molar-refractivity contribution is -0.138. The summed E-state index contributed by atoms with van der Waals surface area (Å²) in [6.45, 7) is 8.69. The number of hydrogen-bond acceptors (Lipinski definition) is 7. The van der Waals surface area contributed by atoms with E-state index in [-0.39, 0.29) is 24.4 Å². The highest BCUT2D eigenvalue weighted by molar-refractivity contribution is 5.93. The first-order chi connectivity index (χ1) is 16.7. The van der Waals surface area contributed by atoms with E-state index in [2.05, 4.69) is 34.1 Å². The monoisotopic (exact) mass is 473 g/mol. The highest BCUT2D eigenvalue weighted by Crippen LogP contribution is 2.46. The maximum Gasteiger partial charge on any atom is 0.225 e. The number of anilines is 1. The number of aliphatic hydroxyl groups is 1. The van der Waals surface area contributed by atoms with Crippen molar-refractivity contribution in [2.24, 2.45) is 0 Å². The van der Waals surface area contributed by atoms with Gasteiger partial charge in [-0.3, -0.25) is 9.36 Å². The van der Waals surface area contributed by atoms with E-state index in [0.717, 1.165) is 29.7 Å². The van der Waals surface area contributed by atoms with E-state index in [1.807, 2.05) is 16.4 Å². The van der Waals surface area contributed by atoms with Crippen LogP contribution in [0.3, 0.4) is 0 Å². The van der Waals surface area contributed by atoms with Crippen LogP contribution in [0.15, 0.2) is 30.9 Å². The summed E-state index contributed by atoms with van der Waals surface area (Å²) < 4.78 is 1.96. The molecule has 1 saturated heterocycles. The van der Waals surface area contributed by atoms with Gasteiger partial charge in [0.2, 0.25) is 5.91 Å². The molecular weight excluding hydrogens is 442 g/mol. The van der Waals surface area contributed by atoms with Crippen molar-refractivity contribution < 1.29 is 9.90 Å². The zero-order valence-electron chi connectivity index (χ0n) is 20.6. The Labute approximate surface area is 205 Å². The molecule has 2 fully saturated rings. The molecule has 4 heterocycles. The number of nitrogens with zero attached hydrogens (tertiary/aromatic N) is 7. The van der Waals surface area contributed by atoms with Crippen LogP contribution in [0.4, 0.5) is 5.82 Å². The number of nitriles is 1.